The molecule has 1 aromatic heterocycles. The van der Waals surface area contributed by atoms with Crippen LogP contribution < -0.4 is 9.64 Å². The molecule has 0 saturated carbocycles. The van der Waals surface area contributed by atoms with Crippen LogP contribution in [-0.4, -0.2) is 87.6 Å². The van der Waals surface area contributed by atoms with Crippen LogP contribution in [0.5, 0.6) is 5.75 Å². The Bertz CT molecular complexity index is 1350. The number of carbonyl (C=O) groups excluding carboxylic acids is 1. The van der Waals surface area contributed by atoms with Gasteiger partial charge in [0.2, 0.25) is 10.0 Å². The average Bonchev–Trinajstić information content (AvgIpc) is 3.29. The molecule has 0 aliphatic carbocycles. The summed E-state index contributed by atoms with van der Waals surface area (Å²) >= 11 is 1.44. The first-order valence-electron chi connectivity index (χ1n) is 12.8. The van der Waals surface area contributed by atoms with Gasteiger partial charge in [-0.15, -0.1) is 0 Å². The number of aromatic nitrogens is 1. The number of carbonyl (C=O) groups is 1. The number of amides is 1. The molecule has 1 aliphatic heterocycles. The minimum Gasteiger partial charge on any atom is -0.494 e. The Hall–Kier alpha value is -2.57. The molecule has 4 rings (SSSR count). The summed E-state index contributed by atoms with van der Waals surface area (Å²) in [5.41, 5.74) is 1.21. The third-order valence-corrected chi connectivity index (χ3v) is 9.13. The fourth-order valence-electron chi connectivity index (χ4n) is 4.50. The number of benzene rings is 2. The van der Waals surface area contributed by atoms with Crippen molar-refractivity contribution in [1.29, 1.82) is 0 Å². The topological polar surface area (TPSA) is 92.3 Å². The Balaban J connectivity index is 1.59. The second-order valence-corrected chi connectivity index (χ2v) is 12.7. The van der Waals surface area contributed by atoms with Gasteiger partial charge in [0.1, 0.15) is 5.75 Å². The Kier molecular flexibility index (Phi) is 9.04. The summed E-state index contributed by atoms with van der Waals surface area (Å²) in [7, 11) is 0.297. The predicted octanol–water partition coefficient (Wildman–Crippen LogP) is 4.09. The number of thiazole rings is 1. The normalized spacial score (nSPS) is 18.7. The monoisotopic (exact) mass is 560 g/mol. The van der Waals surface area contributed by atoms with E-state index in [0.717, 1.165) is 28.9 Å². The van der Waals surface area contributed by atoms with E-state index >= 15 is 0 Å². The Labute approximate surface area is 229 Å². The molecule has 11 heteroatoms. The highest BCUT2D eigenvalue weighted by Gasteiger charge is 2.32. The smallest absolute Gasteiger partial charge is 0.260 e. The summed E-state index contributed by atoms with van der Waals surface area (Å²) in [5, 5.41) is 0.602. The number of rotatable bonds is 10. The van der Waals surface area contributed by atoms with Gasteiger partial charge in [0, 0.05) is 25.2 Å². The van der Waals surface area contributed by atoms with Crippen LogP contribution in [0.3, 0.4) is 0 Å². The highest BCUT2D eigenvalue weighted by Crippen LogP contribution is 2.32. The molecule has 0 spiro atoms. The van der Waals surface area contributed by atoms with Crippen molar-refractivity contribution in [1.82, 2.24) is 14.2 Å². The number of morpholine rings is 1. The standard InChI is InChI=1S/C27H36N4O5S2/c1-6-35-22-10-13-24-25(16-22)37-27(28-24)31(15-7-14-29(4)5)26(32)21-8-11-23(12-9-21)38(33,34)30-17-19(2)36-20(3)18-30/h8-13,16,19-20H,6-7,14-15,17-18H2,1-5H3. The van der Waals surface area contributed by atoms with Crippen LogP contribution in [0.1, 0.15) is 37.6 Å². The van der Waals surface area contributed by atoms with Crippen molar-refractivity contribution in [3.05, 3.63) is 48.0 Å². The first-order valence-corrected chi connectivity index (χ1v) is 15.1. The lowest BCUT2D eigenvalue weighted by molar-refractivity contribution is -0.0440. The summed E-state index contributed by atoms with van der Waals surface area (Å²) in [6.45, 7) is 8.14. The van der Waals surface area contributed by atoms with E-state index in [9.17, 15) is 13.2 Å². The van der Waals surface area contributed by atoms with Gasteiger partial charge in [0.15, 0.2) is 5.13 Å². The molecule has 206 valence electrons. The van der Waals surface area contributed by atoms with Gasteiger partial charge in [-0.1, -0.05) is 11.3 Å². The molecule has 2 atom stereocenters. The minimum absolute atomic E-state index is 0.165. The van der Waals surface area contributed by atoms with Crippen LogP contribution in [0.2, 0.25) is 0 Å². The molecule has 38 heavy (non-hydrogen) atoms. The second kappa shape index (κ2) is 12.1. The lowest BCUT2D eigenvalue weighted by atomic mass is 10.2. The molecule has 1 fully saturated rings. The van der Waals surface area contributed by atoms with Gasteiger partial charge in [0.25, 0.3) is 5.91 Å². The van der Waals surface area contributed by atoms with E-state index in [2.05, 4.69) is 4.90 Å². The summed E-state index contributed by atoms with van der Waals surface area (Å²) in [5.74, 6) is 0.548. The highest BCUT2D eigenvalue weighted by atomic mass is 32.2. The van der Waals surface area contributed by atoms with E-state index in [-0.39, 0.29) is 23.0 Å². The van der Waals surface area contributed by atoms with Crippen molar-refractivity contribution in [2.45, 2.75) is 44.3 Å². The van der Waals surface area contributed by atoms with E-state index < -0.39 is 10.0 Å². The number of hydrogen-bond donors (Lipinski definition) is 0. The van der Waals surface area contributed by atoms with Crippen molar-refractivity contribution in [3.8, 4) is 5.75 Å². The fourth-order valence-corrected chi connectivity index (χ4v) is 7.10. The average molecular weight is 561 g/mol. The molecule has 0 N–H and O–H groups in total. The number of nitrogens with zero attached hydrogens (tertiary/aromatic N) is 4. The third kappa shape index (κ3) is 6.52. The van der Waals surface area contributed by atoms with Crippen molar-refractivity contribution < 1.29 is 22.7 Å². The van der Waals surface area contributed by atoms with Crippen LogP contribution in [0.4, 0.5) is 5.13 Å². The SMILES string of the molecule is CCOc1ccc2nc(N(CCCN(C)C)C(=O)c3ccc(S(=O)(=O)N4CC(C)OC(C)C4)cc3)sc2c1. The van der Waals surface area contributed by atoms with Crippen molar-refractivity contribution in [2.24, 2.45) is 0 Å². The number of sulfonamides is 1. The fraction of sp³-hybridized carbons (Fsp3) is 0.481. The molecular weight excluding hydrogens is 524 g/mol. The maximum Gasteiger partial charge on any atom is 0.260 e. The summed E-state index contributed by atoms with van der Waals surface area (Å²) in [4.78, 5) is 22.3. The molecule has 2 unspecified atom stereocenters. The molecular formula is C27H36N4O5S2. The molecule has 3 aromatic rings. The van der Waals surface area contributed by atoms with Gasteiger partial charge >= 0.3 is 0 Å². The molecule has 1 aliphatic rings. The van der Waals surface area contributed by atoms with Crippen LogP contribution in [-0.2, 0) is 14.8 Å². The molecule has 2 aromatic carbocycles. The number of hydrogen-bond acceptors (Lipinski definition) is 8. The van der Waals surface area contributed by atoms with Crippen LogP contribution in [0.25, 0.3) is 10.2 Å². The van der Waals surface area contributed by atoms with Crippen LogP contribution in [0, 0.1) is 0 Å². The number of fused-ring (bicyclic) bond motifs is 1. The first-order chi connectivity index (χ1) is 18.1. The maximum atomic E-state index is 13.7. The van der Waals surface area contributed by atoms with E-state index in [4.69, 9.17) is 14.5 Å². The van der Waals surface area contributed by atoms with Gasteiger partial charge < -0.3 is 14.4 Å². The zero-order chi connectivity index (χ0) is 27.4. The molecule has 0 radical (unpaired) electrons. The minimum atomic E-state index is -3.69. The summed E-state index contributed by atoms with van der Waals surface area (Å²) in [6, 6.07) is 11.9. The van der Waals surface area contributed by atoms with Crippen molar-refractivity contribution in [2.75, 3.05) is 51.8 Å². The molecule has 0 bridgehead atoms. The Morgan fingerprint density at radius 1 is 1.11 bits per heavy atom. The van der Waals surface area contributed by atoms with Gasteiger partial charge in [0.05, 0.1) is 33.9 Å². The zero-order valence-electron chi connectivity index (χ0n) is 22.6. The van der Waals surface area contributed by atoms with E-state index in [1.54, 1.807) is 17.0 Å². The highest BCUT2D eigenvalue weighted by molar-refractivity contribution is 7.89. The summed E-state index contributed by atoms with van der Waals surface area (Å²) in [6.07, 6.45) is 0.408. The number of ether oxygens (including phenoxy) is 2. The maximum absolute atomic E-state index is 13.7. The molecule has 1 saturated heterocycles. The van der Waals surface area contributed by atoms with Gasteiger partial charge in [-0.2, -0.15) is 4.31 Å². The van der Waals surface area contributed by atoms with Gasteiger partial charge in [-0.05, 0) is 90.3 Å². The molecule has 2 heterocycles. The van der Waals surface area contributed by atoms with Crippen LogP contribution >= 0.6 is 11.3 Å². The summed E-state index contributed by atoms with van der Waals surface area (Å²) < 4.78 is 40.2. The first kappa shape index (κ1) is 28.4. The lowest BCUT2D eigenvalue weighted by Crippen LogP contribution is -2.48. The van der Waals surface area contributed by atoms with Crippen molar-refractivity contribution >= 4 is 42.6 Å². The lowest BCUT2D eigenvalue weighted by Gasteiger charge is -2.34. The zero-order valence-corrected chi connectivity index (χ0v) is 24.2. The largest absolute Gasteiger partial charge is 0.494 e. The second-order valence-electron chi connectivity index (χ2n) is 9.78. The molecule has 1 amide bonds. The van der Waals surface area contributed by atoms with Crippen LogP contribution in [0.15, 0.2) is 47.4 Å². The van der Waals surface area contributed by atoms with Gasteiger partial charge in [-0.3, -0.25) is 9.69 Å². The van der Waals surface area contributed by atoms with Gasteiger partial charge in [-0.25, -0.2) is 13.4 Å². The van der Waals surface area contributed by atoms with E-state index in [0.29, 0.717) is 36.9 Å². The van der Waals surface area contributed by atoms with E-state index in [1.807, 2.05) is 53.1 Å². The van der Waals surface area contributed by atoms with E-state index in [1.165, 1.54) is 27.8 Å². The molecule has 9 nitrogen and oxygen atoms in total. The number of anilines is 1. The Morgan fingerprint density at radius 3 is 2.42 bits per heavy atom. The quantitative estimate of drug-likeness (QED) is 0.369. The Morgan fingerprint density at radius 2 is 1.79 bits per heavy atom. The third-order valence-electron chi connectivity index (χ3n) is 6.25. The predicted molar refractivity (Wildman–Crippen MR) is 151 cm³/mol. The van der Waals surface area contributed by atoms with Crippen molar-refractivity contribution in [3.63, 3.8) is 0 Å².